The first-order chi connectivity index (χ1) is 14.8. The molecule has 166 valence electrons. The second-order valence-electron chi connectivity index (χ2n) is 7.01. The van der Waals surface area contributed by atoms with E-state index in [1.807, 2.05) is 0 Å². The van der Waals surface area contributed by atoms with Crippen molar-refractivity contribution in [3.63, 3.8) is 0 Å². The van der Waals surface area contributed by atoms with E-state index >= 15 is 0 Å². The van der Waals surface area contributed by atoms with Gasteiger partial charge in [0.05, 0.1) is 14.2 Å². The summed E-state index contributed by atoms with van der Waals surface area (Å²) in [4.78, 5) is 24.0. The number of ether oxygens (including phenoxy) is 2. The van der Waals surface area contributed by atoms with E-state index in [2.05, 4.69) is 15.4 Å². The van der Waals surface area contributed by atoms with Gasteiger partial charge in [0.25, 0.3) is 5.91 Å². The fraction of sp³-hybridized carbons (Fsp3) is 0.333. The maximum Gasteiger partial charge on any atom is 0.251 e. The van der Waals surface area contributed by atoms with Crippen molar-refractivity contribution in [2.24, 2.45) is 5.92 Å². The molecule has 2 amide bonds. The van der Waals surface area contributed by atoms with Gasteiger partial charge < -0.3 is 20.1 Å². The van der Waals surface area contributed by atoms with E-state index < -0.39 is 10.0 Å². The van der Waals surface area contributed by atoms with Gasteiger partial charge in [0.1, 0.15) is 16.4 Å². The molecule has 1 aliphatic rings. The smallest absolute Gasteiger partial charge is 0.251 e. The second kappa shape index (κ2) is 9.80. The number of amides is 2. The topological polar surface area (TPSA) is 123 Å². The molecule has 1 fully saturated rings. The van der Waals surface area contributed by atoms with Crippen molar-refractivity contribution in [2.75, 3.05) is 32.6 Å². The SMILES string of the molecule is COc1ccc(S(=O)(=O)NCCNC(=O)c2ccc(NC(=O)C3CC3)cc2)c(OC)c1. The van der Waals surface area contributed by atoms with Crippen LogP contribution >= 0.6 is 0 Å². The van der Waals surface area contributed by atoms with Gasteiger partial charge in [-0.15, -0.1) is 0 Å². The second-order valence-corrected chi connectivity index (χ2v) is 8.75. The first kappa shape index (κ1) is 22.6. The van der Waals surface area contributed by atoms with Gasteiger partial charge in [0, 0.05) is 36.3 Å². The van der Waals surface area contributed by atoms with Crippen LogP contribution in [0.4, 0.5) is 5.69 Å². The van der Waals surface area contributed by atoms with Crippen LogP contribution in [0.3, 0.4) is 0 Å². The molecule has 1 aliphatic carbocycles. The summed E-state index contributed by atoms with van der Waals surface area (Å²) >= 11 is 0. The van der Waals surface area contributed by atoms with Crippen LogP contribution in [0.15, 0.2) is 47.4 Å². The van der Waals surface area contributed by atoms with Gasteiger partial charge in [-0.25, -0.2) is 13.1 Å². The number of benzene rings is 2. The zero-order chi connectivity index (χ0) is 22.4. The molecule has 0 spiro atoms. The molecule has 10 heteroatoms. The Balaban J connectivity index is 1.49. The highest BCUT2D eigenvalue weighted by atomic mass is 32.2. The van der Waals surface area contributed by atoms with Crippen molar-refractivity contribution in [2.45, 2.75) is 17.7 Å². The number of carbonyl (C=O) groups excluding carboxylic acids is 2. The lowest BCUT2D eigenvalue weighted by molar-refractivity contribution is -0.117. The maximum atomic E-state index is 12.5. The summed E-state index contributed by atoms with van der Waals surface area (Å²) in [7, 11) is -0.986. The molecule has 0 atom stereocenters. The number of methoxy groups -OCH3 is 2. The summed E-state index contributed by atoms with van der Waals surface area (Å²) in [6.07, 6.45) is 1.84. The lowest BCUT2D eigenvalue weighted by Gasteiger charge is -2.12. The summed E-state index contributed by atoms with van der Waals surface area (Å²) in [5.74, 6) is 0.384. The predicted molar refractivity (Wildman–Crippen MR) is 115 cm³/mol. The minimum Gasteiger partial charge on any atom is -0.497 e. The quantitative estimate of drug-likeness (QED) is 0.477. The van der Waals surface area contributed by atoms with Crippen LogP contribution in [0.1, 0.15) is 23.2 Å². The molecule has 3 rings (SSSR count). The first-order valence-corrected chi connectivity index (χ1v) is 11.2. The highest BCUT2D eigenvalue weighted by Crippen LogP contribution is 2.30. The normalized spacial score (nSPS) is 13.4. The van der Waals surface area contributed by atoms with Gasteiger partial charge >= 0.3 is 0 Å². The third kappa shape index (κ3) is 5.96. The van der Waals surface area contributed by atoms with Crippen molar-refractivity contribution in [1.29, 1.82) is 0 Å². The van der Waals surface area contributed by atoms with E-state index in [4.69, 9.17) is 9.47 Å². The molecule has 31 heavy (non-hydrogen) atoms. The van der Waals surface area contributed by atoms with E-state index in [1.165, 1.54) is 32.4 Å². The minimum absolute atomic E-state index is 0.00120. The molecule has 2 aromatic rings. The summed E-state index contributed by atoms with van der Waals surface area (Å²) < 4.78 is 37.7. The molecular weight excluding hydrogens is 422 g/mol. The molecule has 0 bridgehead atoms. The van der Waals surface area contributed by atoms with E-state index in [-0.39, 0.29) is 41.5 Å². The average molecular weight is 448 g/mol. The van der Waals surface area contributed by atoms with E-state index in [0.29, 0.717) is 17.0 Å². The number of sulfonamides is 1. The molecule has 0 aliphatic heterocycles. The third-order valence-corrected chi connectivity index (χ3v) is 6.23. The number of hydrogen-bond donors (Lipinski definition) is 3. The zero-order valence-corrected chi connectivity index (χ0v) is 18.1. The number of anilines is 1. The van der Waals surface area contributed by atoms with Gasteiger partial charge in [-0.3, -0.25) is 9.59 Å². The van der Waals surface area contributed by atoms with Crippen LogP contribution in [-0.2, 0) is 14.8 Å². The Morgan fingerprint density at radius 1 is 1.00 bits per heavy atom. The predicted octanol–water partition coefficient (Wildman–Crippen LogP) is 1.76. The summed E-state index contributed by atoms with van der Waals surface area (Å²) in [6.45, 7) is 0.0927. The van der Waals surface area contributed by atoms with Crippen LogP contribution in [0.2, 0.25) is 0 Å². The molecular formula is C21H25N3O6S. The Morgan fingerprint density at radius 3 is 2.32 bits per heavy atom. The fourth-order valence-electron chi connectivity index (χ4n) is 2.83. The maximum absolute atomic E-state index is 12.5. The third-order valence-electron chi connectivity index (χ3n) is 4.73. The van der Waals surface area contributed by atoms with Crippen LogP contribution in [-0.4, -0.2) is 47.5 Å². The minimum atomic E-state index is -3.83. The van der Waals surface area contributed by atoms with Crippen molar-refractivity contribution >= 4 is 27.5 Å². The molecule has 9 nitrogen and oxygen atoms in total. The first-order valence-electron chi connectivity index (χ1n) is 9.75. The van der Waals surface area contributed by atoms with E-state index in [9.17, 15) is 18.0 Å². The number of carbonyl (C=O) groups is 2. The lowest BCUT2D eigenvalue weighted by atomic mass is 10.2. The van der Waals surface area contributed by atoms with Crippen molar-refractivity contribution in [3.05, 3.63) is 48.0 Å². The molecule has 0 radical (unpaired) electrons. The van der Waals surface area contributed by atoms with Crippen molar-refractivity contribution in [3.8, 4) is 11.5 Å². The highest BCUT2D eigenvalue weighted by molar-refractivity contribution is 7.89. The molecule has 3 N–H and O–H groups in total. The van der Waals surface area contributed by atoms with E-state index in [1.54, 1.807) is 24.3 Å². The van der Waals surface area contributed by atoms with Gasteiger partial charge in [0.15, 0.2) is 0 Å². The largest absolute Gasteiger partial charge is 0.497 e. The summed E-state index contributed by atoms with van der Waals surface area (Å²) in [5.41, 5.74) is 1.04. The van der Waals surface area contributed by atoms with Crippen LogP contribution in [0.5, 0.6) is 11.5 Å². The van der Waals surface area contributed by atoms with Gasteiger partial charge in [0.2, 0.25) is 15.9 Å². The Hall–Kier alpha value is -3.11. The van der Waals surface area contributed by atoms with E-state index in [0.717, 1.165) is 12.8 Å². The van der Waals surface area contributed by atoms with Crippen LogP contribution in [0.25, 0.3) is 0 Å². The summed E-state index contributed by atoms with van der Waals surface area (Å²) in [5, 5.41) is 5.46. The number of rotatable bonds is 10. The lowest BCUT2D eigenvalue weighted by Crippen LogP contribution is -2.34. The Kier molecular flexibility index (Phi) is 7.13. The molecule has 0 unspecified atom stereocenters. The average Bonchev–Trinajstić information content (AvgIpc) is 3.62. The number of hydrogen-bond acceptors (Lipinski definition) is 6. The summed E-state index contributed by atoms with van der Waals surface area (Å²) in [6, 6.07) is 10.9. The van der Waals surface area contributed by atoms with Gasteiger partial charge in [-0.1, -0.05) is 0 Å². The van der Waals surface area contributed by atoms with Crippen molar-refractivity contribution in [1.82, 2.24) is 10.0 Å². The Morgan fingerprint density at radius 2 is 1.71 bits per heavy atom. The molecule has 1 saturated carbocycles. The Bertz CT molecular complexity index is 1050. The van der Waals surface area contributed by atoms with Gasteiger partial charge in [-0.2, -0.15) is 0 Å². The Labute approximate surface area is 181 Å². The standard InChI is InChI=1S/C21H25N3O6S/c1-29-17-9-10-19(18(13-17)30-2)31(27,28)23-12-11-22-20(25)14-5-7-16(8-6-14)24-21(26)15-3-4-15/h5-10,13,15,23H,3-4,11-12H2,1-2H3,(H,22,25)(H,24,26). The molecule has 2 aromatic carbocycles. The highest BCUT2D eigenvalue weighted by Gasteiger charge is 2.29. The number of nitrogens with one attached hydrogen (secondary N) is 3. The molecule has 0 heterocycles. The zero-order valence-electron chi connectivity index (χ0n) is 17.3. The van der Waals surface area contributed by atoms with Crippen LogP contribution < -0.4 is 24.8 Å². The fourth-order valence-corrected chi connectivity index (χ4v) is 4.01. The van der Waals surface area contributed by atoms with Crippen LogP contribution in [0, 0.1) is 5.92 Å². The molecule has 0 saturated heterocycles. The van der Waals surface area contributed by atoms with Gasteiger partial charge in [-0.05, 0) is 49.2 Å². The monoisotopic (exact) mass is 447 g/mol. The van der Waals surface area contributed by atoms with Crippen molar-refractivity contribution < 1.29 is 27.5 Å². The molecule has 0 aromatic heterocycles.